The van der Waals surface area contributed by atoms with Crippen LogP contribution in [-0.2, 0) is 0 Å². The maximum Gasteiger partial charge on any atom is 0.0963 e. The number of thiophene rings is 1. The van der Waals surface area contributed by atoms with E-state index in [1.165, 1.54) is 31.1 Å². The maximum atomic E-state index is 4.78. The van der Waals surface area contributed by atoms with Crippen LogP contribution in [0.15, 0.2) is 104 Å². The Kier molecular flexibility index (Phi) is 3.72. The van der Waals surface area contributed by atoms with Crippen LogP contribution in [0.1, 0.15) is 0 Å². The molecule has 0 radical (unpaired) electrons. The second-order valence-electron chi connectivity index (χ2n) is 7.96. The molecule has 4 heteroatoms. The molecule has 7 rings (SSSR count). The first kappa shape index (κ1) is 17.6. The van der Waals surface area contributed by atoms with Crippen LogP contribution in [0.25, 0.3) is 58.9 Å². The first-order valence-electron chi connectivity index (χ1n) is 10.6. The summed E-state index contributed by atoms with van der Waals surface area (Å²) in [5.41, 5.74) is 6.72. The highest BCUT2D eigenvalue weighted by atomic mass is 32.1. The monoisotopic (exact) mass is 427 g/mol. The number of benzene rings is 3. The minimum Gasteiger partial charge on any atom is -0.308 e. The van der Waals surface area contributed by atoms with Crippen molar-refractivity contribution in [3.63, 3.8) is 0 Å². The first-order chi connectivity index (χ1) is 15.9. The molecule has 0 spiro atoms. The Bertz CT molecular complexity index is 1780. The lowest BCUT2D eigenvalue weighted by atomic mass is 10.1. The van der Waals surface area contributed by atoms with Gasteiger partial charge in [-0.05, 0) is 54.1 Å². The topological polar surface area (TPSA) is 30.7 Å². The van der Waals surface area contributed by atoms with Crippen LogP contribution in [0, 0.1) is 0 Å². The van der Waals surface area contributed by atoms with Gasteiger partial charge in [-0.3, -0.25) is 9.97 Å². The lowest BCUT2D eigenvalue weighted by Crippen LogP contribution is -1.94. The highest BCUT2D eigenvalue weighted by Crippen LogP contribution is 2.40. The largest absolute Gasteiger partial charge is 0.308 e. The summed E-state index contributed by atoms with van der Waals surface area (Å²) >= 11 is 1.85. The fourth-order valence-electron chi connectivity index (χ4n) is 4.69. The van der Waals surface area contributed by atoms with Gasteiger partial charge < -0.3 is 4.57 Å². The summed E-state index contributed by atoms with van der Waals surface area (Å²) in [5.74, 6) is 0. The molecule has 3 aromatic carbocycles. The van der Waals surface area contributed by atoms with Gasteiger partial charge >= 0.3 is 0 Å². The quantitative estimate of drug-likeness (QED) is 0.284. The Morgan fingerprint density at radius 1 is 0.625 bits per heavy atom. The third-order valence-electron chi connectivity index (χ3n) is 6.12. The van der Waals surface area contributed by atoms with Crippen molar-refractivity contribution in [1.29, 1.82) is 0 Å². The van der Waals surface area contributed by atoms with Crippen molar-refractivity contribution in [2.24, 2.45) is 0 Å². The van der Waals surface area contributed by atoms with Crippen LogP contribution < -0.4 is 0 Å². The number of nitrogens with zero attached hydrogens (tertiary/aromatic N) is 3. The second-order valence-corrected chi connectivity index (χ2v) is 9.05. The van der Waals surface area contributed by atoms with E-state index >= 15 is 0 Å². The van der Waals surface area contributed by atoms with Crippen LogP contribution in [0.4, 0.5) is 0 Å². The van der Waals surface area contributed by atoms with Gasteiger partial charge in [0.1, 0.15) is 0 Å². The number of aromatic nitrogens is 3. The molecule has 3 nitrogen and oxygen atoms in total. The van der Waals surface area contributed by atoms with Gasteiger partial charge in [0.05, 0.1) is 16.6 Å². The Labute approximate surface area is 188 Å². The second kappa shape index (κ2) is 6.74. The van der Waals surface area contributed by atoms with Crippen molar-refractivity contribution in [2.75, 3.05) is 0 Å². The van der Waals surface area contributed by atoms with E-state index in [1.54, 1.807) is 0 Å². The standard InChI is InChI=1S/C28H17N3S/c1-2-11-26-21(9-1)22-15-23-25(16-27(22)32-26)31(24-10-5-13-30-28(23)24)20-8-3-6-18(14-20)19-7-4-12-29-17-19/h1-17H. The zero-order valence-corrected chi connectivity index (χ0v) is 17.9. The zero-order chi connectivity index (χ0) is 21.1. The molecule has 0 N–H and O–H groups in total. The molecular weight excluding hydrogens is 410 g/mol. The first-order valence-corrected chi connectivity index (χ1v) is 11.4. The number of pyridine rings is 2. The molecule has 0 unspecified atom stereocenters. The predicted octanol–water partition coefficient (Wildman–Crippen LogP) is 7.61. The van der Waals surface area contributed by atoms with Crippen LogP contribution in [-0.4, -0.2) is 14.5 Å². The molecular formula is C28H17N3S. The summed E-state index contributed by atoms with van der Waals surface area (Å²) in [6.45, 7) is 0. The Hall–Kier alpha value is -4.02. The summed E-state index contributed by atoms with van der Waals surface area (Å²) in [6, 6.07) is 30.2. The molecule has 0 saturated carbocycles. The molecule has 4 aromatic heterocycles. The van der Waals surface area contributed by atoms with E-state index in [0.29, 0.717) is 0 Å². The van der Waals surface area contributed by atoms with Gasteiger partial charge in [0.2, 0.25) is 0 Å². The lowest BCUT2D eigenvalue weighted by Gasteiger charge is -2.10. The molecule has 4 heterocycles. The van der Waals surface area contributed by atoms with Gasteiger partial charge in [-0.1, -0.05) is 36.4 Å². The SMILES string of the molecule is c1cncc(-c2cccc(-n3c4cc5sc6ccccc6c5cc4c4ncccc43)c2)c1. The van der Waals surface area contributed by atoms with Gasteiger partial charge in [0.25, 0.3) is 0 Å². The lowest BCUT2D eigenvalue weighted by molar-refractivity contribution is 1.18. The van der Waals surface area contributed by atoms with Crippen molar-refractivity contribution in [2.45, 2.75) is 0 Å². The smallest absolute Gasteiger partial charge is 0.0963 e. The molecule has 0 atom stereocenters. The fraction of sp³-hybridized carbons (Fsp3) is 0. The third kappa shape index (κ3) is 2.53. The van der Waals surface area contributed by atoms with E-state index in [1.807, 2.05) is 42.1 Å². The van der Waals surface area contributed by atoms with Crippen molar-refractivity contribution < 1.29 is 0 Å². The fourth-order valence-corrected chi connectivity index (χ4v) is 5.81. The molecule has 0 aliphatic heterocycles. The van der Waals surface area contributed by atoms with E-state index in [2.05, 4.69) is 82.3 Å². The molecule has 0 saturated heterocycles. The number of hydrogen-bond donors (Lipinski definition) is 0. The molecule has 0 fully saturated rings. The number of fused-ring (bicyclic) bond motifs is 6. The van der Waals surface area contributed by atoms with Crippen molar-refractivity contribution in [3.8, 4) is 16.8 Å². The Morgan fingerprint density at radius 2 is 1.53 bits per heavy atom. The van der Waals surface area contributed by atoms with Crippen molar-refractivity contribution >= 4 is 53.4 Å². The zero-order valence-electron chi connectivity index (χ0n) is 17.1. The van der Waals surface area contributed by atoms with Crippen LogP contribution >= 0.6 is 11.3 Å². The van der Waals surface area contributed by atoms with Crippen LogP contribution in [0.2, 0.25) is 0 Å². The van der Waals surface area contributed by atoms with Gasteiger partial charge in [-0.25, -0.2) is 0 Å². The van der Waals surface area contributed by atoms with Crippen molar-refractivity contribution in [3.05, 3.63) is 104 Å². The molecule has 0 aliphatic carbocycles. The molecule has 150 valence electrons. The summed E-state index contributed by atoms with van der Waals surface area (Å²) in [5, 5.41) is 3.79. The molecule has 0 bridgehead atoms. The summed E-state index contributed by atoms with van der Waals surface area (Å²) in [7, 11) is 0. The van der Waals surface area contributed by atoms with E-state index in [0.717, 1.165) is 27.8 Å². The molecule has 0 amide bonds. The van der Waals surface area contributed by atoms with Gasteiger partial charge in [0.15, 0.2) is 0 Å². The Morgan fingerprint density at radius 3 is 2.47 bits per heavy atom. The minimum absolute atomic E-state index is 1.03. The van der Waals surface area contributed by atoms with E-state index in [-0.39, 0.29) is 0 Å². The Balaban J connectivity index is 1.57. The van der Waals surface area contributed by atoms with E-state index in [9.17, 15) is 0 Å². The maximum absolute atomic E-state index is 4.78. The predicted molar refractivity (Wildman–Crippen MR) is 135 cm³/mol. The molecule has 32 heavy (non-hydrogen) atoms. The highest BCUT2D eigenvalue weighted by Gasteiger charge is 2.16. The average molecular weight is 428 g/mol. The van der Waals surface area contributed by atoms with Gasteiger partial charge in [-0.2, -0.15) is 0 Å². The van der Waals surface area contributed by atoms with Crippen LogP contribution in [0.3, 0.4) is 0 Å². The number of rotatable bonds is 2. The highest BCUT2D eigenvalue weighted by molar-refractivity contribution is 7.25. The number of hydrogen-bond acceptors (Lipinski definition) is 3. The van der Waals surface area contributed by atoms with Crippen LogP contribution in [0.5, 0.6) is 0 Å². The minimum atomic E-state index is 1.03. The average Bonchev–Trinajstić information content (AvgIpc) is 3.38. The van der Waals surface area contributed by atoms with E-state index < -0.39 is 0 Å². The molecule has 7 aromatic rings. The van der Waals surface area contributed by atoms with Crippen molar-refractivity contribution in [1.82, 2.24) is 14.5 Å². The van der Waals surface area contributed by atoms with Gasteiger partial charge in [-0.15, -0.1) is 11.3 Å². The molecule has 0 aliphatic rings. The summed E-state index contributed by atoms with van der Waals surface area (Å²) < 4.78 is 4.95. The normalized spacial score (nSPS) is 11.8. The third-order valence-corrected chi connectivity index (χ3v) is 7.25. The van der Waals surface area contributed by atoms with Gasteiger partial charge in [0, 0.05) is 55.4 Å². The summed E-state index contributed by atoms with van der Waals surface area (Å²) in [4.78, 5) is 9.07. The van der Waals surface area contributed by atoms with E-state index in [4.69, 9.17) is 4.98 Å². The summed E-state index contributed by atoms with van der Waals surface area (Å²) in [6.07, 6.45) is 5.60.